The van der Waals surface area contributed by atoms with E-state index < -0.39 is 5.54 Å². The topological polar surface area (TPSA) is 97.0 Å². The van der Waals surface area contributed by atoms with Gasteiger partial charge in [-0.2, -0.15) is 0 Å². The number of carbonyl (C=O) groups is 3. The van der Waals surface area contributed by atoms with Crippen LogP contribution in [0.4, 0.5) is 11.4 Å². The number of methoxy groups -OCH3 is 1. The second kappa shape index (κ2) is 8.97. The summed E-state index contributed by atoms with van der Waals surface area (Å²) in [5.74, 6) is -0.190. The Morgan fingerprint density at radius 3 is 2.68 bits per heavy atom. The fourth-order valence-electron chi connectivity index (χ4n) is 3.66. The van der Waals surface area contributed by atoms with E-state index >= 15 is 0 Å². The van der Waals surface area contributed by atoms with Crippen LogP contribution in [0, 0.1) is 0 Å². The number of hydrogen-bond acceptors (Lipinski definition) is 6. The highest BCUT2D eigenvalue weighted by atomic mass is 79.9. The van der Waals surface area contributed by atoms with E-state index in [1.807, 2.05) is 0 Å². The number of ether oxygens (including phenoxy) is 2. The number of nitrogens with zero attached hydrogens (tertiary/aromatic N) is 1. The zero-order valence-corrected chi connectivity index (χ0v) is 19.3. The van der Waals surface area contributed by atoms with Crippen LogP contribution in [-0.2, 0) is 14.3 Å². The molecule has 4 rings (SSSR count). The van der Waals surface area contributed by atoms with Gasteiger partial charge in [-0.1, -0.05) is 0 Å². The normalized spacial score (nSPS) is 17.6. The van der Waals surface area contributed by atoms with Crippen molar-refractivity contribution in [2.24, 2.45) is 0 Å². The van der Waals surface area contributed by atoms with Crippen LogP contribution < -0.4 is 20.3 Å². The Hall–Kier alpha value is -2.43. The Morgan fingerprint density at radius 2 is 2.06 bits per heavy atom. The van der Waals surface area contributed by atoms with Gasteiger partial charge in [0.05, 0.1) is 28.1 Å². The summed E-state index contributed by atoms with van der Waals surface area (Å²) < 4.78 is 11.5. The molecule has 0 atom stereocenters. The van der Waals surface area contributed by atoms with Gasteiger partial charge in [-0.15, -0.1) is 11.3 Å². The number of anilines is 2. The first-order valence-corrected chi connectivity index (χ1v) is 11.5. The smallest absolute Gasteiger partial charge is 0.262 e. The van der Waals surface area contributed by atoms with Crippen LogP contribution in [0.2, 0.25) is 0 Å². The van der Waals surface area contributed by atoms with E-state index in [1.165, 1.54) is 18.4 Å². The fraction of sp³-hybridized carbons (Fsp3) is 0.381. The number of rotatable bonds is 6. The van der Waals surface area contributed by atoms with Gasteiger partial charge in [0.25, 0.3) is 11.8 Å². The van der Waals surface area contributed by atoms with Gasteiger partial charge in [-0.05, 0) is 59.5 Å². The molecule has 10 heteroatoms. The average molecular weight is 508 g/mol. The molecule has 2 aromatic rings. The quantitative estimate of drug-likeness (QED) is 0.625. The van der Waals surface area contributed by atoms with Crippen LogP contribution in [0.3, 0.4) is 0 Å². The number of morpholine rings is 1. The highest BCUT2D eigenvalue weighted by molar-refractivity contribution is 9.11. The van der Waals surface area contributed by atoms with Crippen molar-refractivity contribution in [3.05, 3.63) is 39.0 Å². The largest absolute Gasteiger partial charge is 0.494 e. The van der Waals surface area contributed by atoms with E-state index in [9.17, 15) is 14.4 Å². The van der Waals surface area contributed by atoms with Crippen molar-refractivity contribution >= 4 is 56.4 Å². The van der Waals surface area contributed by atoms with E-state index in [0.717, 1.165) is 10.2 Å². The summed E-state index contributed by atoms with van der Waals surface area (Å²) >= 11 is 4.67. The summed E-state index contributed by atoms with van der Waals surface area (Å²) in [6.45, 7) is 0.927. The molecule has 0 unspecified atom stereocenters. The number of thiophene rings is 1. The minimum Gasteiger partial charge on any atom is -0.494 e. The predicted octanol–water partition coefficient (Wildman–Crippen LogP) is 3.17. The van der Waals surface area contributed by atoms with Gasteiger partial charge in [0.1, 0.15) is 17.9 Å². The Balaban J connectivity index is 1.49. The van der Waals surface area contributed by atoms with E-state index in [2.05, 4.69) is 26.6 Å². The monoisotopic (exact) mass is 507 g/mol. The Morgan fingerprint density at radius 1 is 1.26 bits per heavy atom. The molecule has 2 heterocycles. The van der Waals surface area contributed by atoms with Crippen LogP contribution in [0.1, 0.15) is 28.9 Å². The van der Waals surface area contributed by atoms with E-state index in [0.29, 0.717) is 48.0 Å². The number of amides is 3. The zero-order chi connectivity index (χ0) is 22.0. The van der Waals surface area contributed by atoms with Gasteiger partial charge in [-0.25, -0.2) is 0 Å². The van der Waals surface area contributed by atoms with Crippen LogP contribution in [0.5, 0.6) is 5.75 Å². The third-order valence-electron chi connectivity index (χ3n) is 5.51. The molecule has 0 radical (unpaired) electrons. The average Bonchev–Trinajstić information content (AvgIpc) is 3.17. The van der Waals surface area contributed by atoms with Gasteiger partial charge in [0.2, 0.25) is 5.91 Å². The molecule has 0 bridgehead atoms. The number of halogens is 1. The molecule has 31 heavy (non-hydrogen) atoms. The SMILES string of the molecule is COc1cc(NC(=O)C2(NC(=O)c3ccc(Br)s3)CCC2)ccc1N1CCOCC1=O. The standard InChI is InChI=1S/C21H22BrN3O5S/c1-29-15-11-13(3-4-14(15)25-9-10-30-12-18(25)26)23-20(28)21(7-2-8-21)24-19(27)16-5-6-17(22)31-16/h3-6,11H,2,7-10,12H2,1H3,(H,23,28)(H,24,27). The van der Waals surface area contributed by atoms with Crippen LogP contribution in [0.15, 0.2) is 34.1 Å². The number of hydrogen-bond donors (Lipinski definition) is 2. The molecule has 1 saturated heterocycles. The molecule has 164 valence electrons. The molecule has 2 aliphatic rings. The molecule has 3 amide bonds. The maximum absolute atomic E-state index is 13.1. The second-order valence-electron chi connectivity index (χ2n) is 7.43. The number of carbonyl (C=O) groups excluding carboxylic acids is 3. The lowest BCUT2D eigenvalue weighted by Crippen LogP contribution is -2.61. The van der Waals surface area contributed by atoms with Gasteiger partial charge in [0, 0.05) is 18.3 Å². The van der Waals surface area contributed by atoms with Gasteiger partial charge in [-0.3, -0.25) is 14.4 Å². The van der Waals surface area contributed by atoms with Crippen molar-refractivity contribution < 1.29 is 23.9 Å². The maximum Gasteiger partial charge on any atom is 0.262 e. The van der Waals surface area contributed by atoms with Crippen molar-refractivity contribution in [2.75, 3.05) is 37.1 Å². The Labute approximate surface area is 192 Å². The molecule has 8 nitrogen and oxygen atoms in total. The summed E-state index contributed by atoms with van der Waals surface area (Å²) in [5, 5.41) is 5.81. The fourth-order valence-corrected chi connectivity index (χ4v) is 4.94. The lowest BCUT2D eigenvalue weighted by atomic mass is 9.75. The van der Waals surface area contributed by atoms with Crippen LogP contribution >= 0.6 is 27.3 Å². The lowest BCUT2D eigenvalue weighted by molar-refractivity contribution is -0.126. The molecule has 1 aromatic heterocycles. The van der Waals surface area contributed by atoms with Crippen LogP contribution in [-0.4, -0.2) is 50.1 Å². The maximum atomic E-state index is 13.1. The summed E-state index contributed by atoms with van der Waals surface area (Å²) in [5.41, 5.74) is 0.231. The summed E-state index contributed by atoms with van der Waals surface area (Å²) in [7, 11) is 1.52. The van der Waals surface area contributed by atoms with Gasteiger partial charge >= 0.3 is 0 Å². The Kier molecular flexibility index (Phi) is 6.31. The van der Waals surface area contributed by atoms with Crippen molar-refractivity contribution in [3.63, 3.8) is 0 Å². The van der Waals surface area contributed by atoms with Crippen molar-refractivity contribution in [2.45, 2.75) is 24.8 Å². The minimum absolute atomic E-state index is 0.0324. The number of benzene rings is 1. The highest BCUT2D eigenvalue weighted by Gasteiger charge is 2.45. The third-order valence-corrected chi connectivity index (χ3v) is 7.13. The molecule has 1 aliphatic heterocycles. The second-order valence-corrected chi connectivity index (χ2v) is 9.90. The third kappa shape index (κ3) is 4.46. The van der Waals surface area contributed by atoms with E-state index in [4.69, 9.17) is 9.47 Å². The van der Waals surface area contributed by atoms with Crippen molar-refractivity contribution in [3.8, 4) is 5.75 Å². The van der Waals surface area contributed by atoms with E-state index in [-0.39, 0.29) is 24.3 Å². The summed E-state index contributed by atoms with van der Waals surface area (Å²) in [4.78, 5) is 40.0. The lowest BCUT2D eigenvalue weighted by Gasteiger charge is -2.40. The first-order valence-electron chi connectivity index (χ1n) is 9.87. The molecule has 1 aliphatic carbocycles. The first kappa shape index (κ1) is 21.8. The minimum atomic E-state index is -0.931. The van der Waals surface area contributed by atoms with E-state index in [1.54, 1.807) is 35.2 Å². The highest BCUT2D eigenvalue weighted by Crippen LogP contribution is 2.36. The van der Waals surface area contributed by atoms with Crippen LogP contribution in [0.25, 0.3) is 0 Å². The predicted molar refractivity (Wildman–Crippen MR) is 121 cm³/mol. The Bertz CT molecular complexity index is 1020. The molecule has 2 fully saturated rings. The molecule has 2 N–H and O–H groups in total. The molecule has 1 aromatic carbocycles. The van der Waals surface area contributed by atoms with Gasteiger partial charge < -0.3 is 25.0 Å². The summed E-state index contributed by atoms with van der Waals surface area (Å²) in [6.07, 6.45) is 2.02. The van der Waals surface area contributed by atoms with Crippen molar-refractivity contribution in [1.82, 2.24) is 5.32 Å². The van der Waals surface area contributed by atoms with Gasteiger partial charge in [0.15, 0.2) is 0 Å². The summed E-state index contributed by atoms with van der Waals surface area (Å²) in [6, 6.07) is 8.68. The molecular weight excluding hydrogens is 486 g/mol. The number of nitrogens with one attached hydrogen (secondary N) is 2. The first-order chi connectivity index (χ1) is 14.9. The molecule has 0 spiro atoms. The van der Waals surface area contributed by atoms with Crippen molar-refractivity contribution in [1.29, 1.82) is 0 Å². The zero-order valence-electron chi connectivity index (χ0n) is 16.9. The molecular formula is C21H22BrN3O5S. The molecule has 1 saturated carbocycles.